The number of hydrogen-bond acceptors (Lipinski definition) is 5. The summed E-state index contributed by atoms with van der Waals surface area (Å²) in [7, 11) is 0. The lowest BCUT2D eigenvalue weighted by molar-refractivity contribution is -0.155. The predicted octanol–water partition coefficient (Wildman–Crippen LogP) is 3.68. The van der Waals surface area contributed by atoms with Crippen molar-refractivity contribution in [2.75, 3.05) is 0 Å². The summed E-state index contributed by atoms with van der Waals surface area (Å²) in [6.07, 6.45) is 1.43. The van der Waals surface area contributed by atoms with Crippen LogP contribution in [0.25, 0.3) is 10.2 Å². The highest BCUT2D eigenvalue weighted by molar-refractivity contribution is 7.18. The van der Waals surface area contributed by atoms with E-state index in [1.807, 2.05) is 44.2 Å². The highest BCUT2D eigenvalue weighted by Gasteiger charge is 2.23. The third-order valence-electron chi connectivity index (χ3n) is 4.89. The zero-order chi connectivity index (χ0) is 22.1. The number of rotatable bonds is 6. The van der Waals surface area contributed by atoms with Crippen molar-refractivity contribution in [1.29, 1.82) is 0 Å². The van der Waals surface area contributed by atoms with Gasteiger partial charge in [-0.2, -0.15) is 0 Å². The van der Waals surface area contributed by atoms with Crippen molar-refractivity contribution in [3.05, 3.63) is 67.2 Å². The van der Waals surface area contributed by atoms with Gasteiger partial charge in [0.25, 0.3) is 5.56 Å². The molecule has 1 aromatic carbocycles. The molecule has 0 aliphatic heterocycles. The molecule has 0 aliphatic carbocycles. The van der Waals surface area contributed by atoms with Gasteiger partial charge in [-0.05, 0) is 51.7 Å². The number of carbonyl (C=O) groups excluding carboxylic acids is 1. The molecule has 30 heavy (non-hydrogen) atoms. The highest BCUT2D eigenvalue weighted by Crippen LogP contribution is 2.28. The van der Waals surface area contributed by atoms with Crippen LogP contribution in [0.1, 0.15) is 43.7 Å². The fourth-order valence-electron chi connectivity index (χ4n) is 3.50. The second-order valence-electron chi connectivity index (χ2n) is 8.33. The standard InChI is InChI=1S/C23H28N2O4S/c1-6-17-15(2)19-20(27)25(14-18(26)29-23(3,4)5)22(28)24(21(19)30-17)13-12-16-10-8-7-9-11-16/h7-11H,6,12-14H2,1-5H3. The van der Waals surface area contributed by atoms with E-state index in [2.05, 4.69) is 0 Å². The number of ether oxygens (including phenoxy) is 1. The van der Waals surface area contributed by atoms with Gasteiger partial charge in [0.05, 0.1) is 5.39 Å². The fraction of sp³-hybridized carbons (Fsp3) is 0.435. The molecule has 2 heterocycles. The van der Waals surface area contributed by atoms with E-state index in [-0.39, 0.29) is 0 Å². The van der Waals surface area contributed by atoms with Crippen LogP contribution >= 0.6 is 11.3 Å². The lowest BCUT2D eigenvalue weighted by Gasteiger charge is -2.20. The van der Waals surface area contributed by atoms with Crippen molar-refractivity contribution in [2.45, 2.75) is 66.2 Å². The number of aryl methyl sites for hydroxylation is 4. The van der Waals surface area contributed by atoms with E-state index in [0.717, 1.165) is 27.0 Å². The van der Waals surface area contributed by atoms with Crippen molar-refractivity contribution < 1.29 is 9.53 Å². The fourth-order valence-corrected chi connectivity index (χ4v) is 4.76. The van der Waals surface area contributed by atoms with E-state index >= 15 is 0 Å². The maximum absolute atomic E-state index is 13.3. The summed E-state index contributed by atoms with van der Waals surface area (Å²) in [5.41, 5.74) is 0.397. The zero-order valence-corrected chi connectivity index (χ0v) is 19.0. The summed E-state index contributed by atoms with van der Waals surface area (Å²) in [6, 6.07) is 9.89. The SMILES string of the molecule is CCc1sc2c(c1C)c(=O)n(CC(=O)OC(C)(C)C)c(=O)n2CCc1ccccc1. The zero-order valence-electron chi connectivity index (χ0n) is 18.2. The van der Waals surface area contributed by atoms with Gasteiger partial charge in [-0.25, -0.2) is 9.36 Å². The molecule has 0 radical (unpaired) electrons. The molecule has 3 rings (SSSR count). The molecule has 0 aliphatic rings. The molecule has 6 nitrogen and oxygen atoms in total. The number of aromatic nitrogens is 2. The van der Waals surface area contributed by atoms with Crippen LogP contribution in [-0.2, 0) is 35.5 Å². The van der Waals surface area contributed by atoms with E-state index in [1.165, 1.54) is 11.3 Å². The summed E-state index contributed by atoms with van der Waals surface area (Å²) in [5, 5.41) is 0.521. The molecule has 7 heteroatoms. The second kappa shape index (κ2) is 8.60. The molecular weight excluding hydrogens is 400 g/mol. The molecule has 160 valence electrons. The molecular formula is C23H28N2O4S. The van der Waals surface area contributed by atoms with Crippen LogP contribution in [0.2, 0.25) is 0 Å². The van der Waals surface area contributed by atoms with Gasteiger partial charge < -0.3 is 4.74 Å². The monoisotopic (exact) mass is 428 g/mol. The van der Waals surface area contributed by atoms with Gasteiger partial charge in [0, 0.05) is 11.4 Å². The summed E-state index contributed by atoms with van der Waals surface area (Å²) in [6.45, 7) is 9.24. The van der Waals surface area contributed by atoms with Gasteiger partial charge in [0.2, 0.25) is 0 Å². The normalized spacial score (nSPS) is 11.8. The maximum Gasteiger partial charge on any atom is 0.332 e. The average molecular weight is 429 g/mol. The van der Waals surface area contributed by atoms with Crippen molar-refractivity contribution in [3.63, 3.8) is 0 Å². The van der Waals surface area contributed by atoms with Gasteiger partial charge in [-0.3, -0.25) is 14.2 Å². The second-order valence-corrected chi connectivity index (χ2v) is 9.42. The Morgan fingerprint density at radius 2 is 1.77 bits per heavy atom. The van der Waals surface area contributed by atoms with Crippen LogP contribution in [0.3, 0.4) is 0 Å². The number of carbonyl (C=O) groups is 1. The number of thiophene rings is 1. The van der Waals surface area contributed by atoms with Crippen LogP contribution in [0.15, 0.2) is 39.9 Å². The van der Waals surface area contributed by atoms with E-state index in [4.69, 9.17) is 4.74 Å². The van der Waals surface area contributed by atoms with Crippen LogP contribution in [0.4, 0.5) is 0 Å². The van der Waals surface area contributed by atoms with Gasteiger partial charge in [0.15, 0.2) is 0 Å². The molecule has 0 saturated heterocycles. The molecule has 3 aromatic rings. The molecule has 0 bridgehead atoms. The van der Waals surface area contributed by atoms with E-state index in [1.54, 1.807) is 25.3 Å². The molecule has 0 amide bonds. The first-order chi connectivity index (χ1) is 14.1. The summed E-state index contributed by atoms with van der Waals surface area (Å²) in [5.74, 6) is -0.598. The Bertz CT molecular complexity index is 1180. The molecule has 0 atom stereocenters. The van der Waals surface area contributed by atoms with Crippen molar-refractivity contribution >= 4 is 27.5 Å². The average Bonchev–Trinajstić information content (AvgIpc) is 3.01. The lowest BCUT2D eigenvalue weighted by atomic mass is 10.1. The molecule has 2 aromatic heterocycles. The van der Waals surface area contributed by atoms with Gasteiger partial charge in [-0.1, -0.05) is 37.3 Å². The molecule has 0 spiro atoms. The first-order valence-electron chi connectivity index (χ1n) is 10.1. The van der Waals surface area contributed by atoms with Crippen LogP contribution in [0, 0.1) is 6.92 Å². The van der Waals surface area contributed by atoms with Crippen LogP contribution in [-0.4, -0.2) is 20.7 Å². The quantitative estimate of drug-likeness (QED) is 0.562. The largest absolute Gasteiger partial charge is 0.459 e. The van der Waals surface area contributed by atoms with E-state index < -0.39 is 29.4 Å². The van der Waals surface area contributed by atoms with Crippen LogP contribution < -0.4 is 11.2 Å². The summed E-state index contributed by atoms with van der Waals surface area (Å²) in [4.78, 5) is 40.6. The van der Waals surface area contributed by atoms with Gasteiger partial charge in [-0.15, -0.1) is 11.3 Å². The van der Waals surface area contributed by atoms with E-state index in [0.29, 0.717) is 23.2 Å². The number of esters is 1. The number of nitrogens with zero attached hydrogens (tertiary/aromatic N) is 2. The Morgan fingerprint density at radius 1 is 1.10 bits per heavy atom. The summed E-state index contributed by atoms with van der Waals surface area (Å²) < 4.78 is 7.99. The molecule has 0 unspecified atom stereocenters. The Hall–Kier alpha value is -2.67. The Balaban J connectivity index is 2.12. The number of benzene rings is 1. The predicted molar refractivity (Wildman–Crippen MR) is 120 cm³/mol. The minimum atomic E-state index is -0.690. The van der Waals surface area contributed by atoms with Crippen molar-refractivity contribution in [3.8, 4) is 0 Å². The van der Waals surface area contributed by atoms with Crippen molar-refractivity contribution in [1.82, 2.24) is 9.13 Å². The third-order valence-corrected chi connectivity index (χ3v) is 6.35. The van der Waals surface area contributed by atoms with Gasteiger partial charge >= 0.3 is 11.7 Å². The smallest absolute Gasteiger partial charge is 0.332 e. The maximum atomic E-state index is 13.3. The minimum Gasteiger partial charge on any atom is -0.459 e. The topological polar surface area (TPSA) is 70.3 Å². The van der Waals surface area contributed by atoms with E-state index in [9.17, 15) is 14.4 Å². The Morgan fingerprint density at radius 3 is 2.37 bits per heavy atom. The molecule has 0 saturated carbocycles. The summed E-state index contributed by atoms with van der Waals surface area (Å²) >= 11 is 1.49. The highest BCUT2D eigenvalue weighted by atomic mass is 32.1. The number of hydrogen-bond donors (Lipinski definition) is 0. The third kappa shape index (κ3) is 4.56. The molecule has 0 N–H and O–H groups in total. The minimum absolute atomic E-state index is 0.396. The first-order valence-corrected chi connectivity index (χ1v) is 11.0. The Labute approximate surface area is 179 Å². The first kappa shape index (κ1) is 22.0. The van der Waals surface area contributed by atoms with Crippen molar-refractivity contribution in [2.24, 2.45) is 0 Å². The number of fused-ring (bicyclic) bond motifs is 1. The van der Waals surface area contributed by atoms with Gasteiger partial charge in [0.1, 0.15) is 17.0 Å². The van der Waals surface area contributed by atoms with Crippen LogP contribution in [0.5, 0.6) is 0 Å². The lowest BCUT2D eigenvalue weighted by Crippen LogP contribution is -2.42. The Kier molecular flexibility index (Phi) is 6.31. The molecule has 0 fully saturated rings.